The number of piperidine rings is 1. The molecule has 1 aliphatic carbocycles. The summed E-state index contributed by atoms with van der Waals surface area (Å²) in [5, 5.41) is 3.46. The zero-order valence-electron chi connectivity index (χ0n) is 20.2. The van der Waals surface area contributed by atoms with E-state index in [0.29, 0.717) is 31.6 Å². The minimum Gasteiger partial charge on any atom is -0.380 e. The van der Waals surface area contributed by atoms with Crippen molar-refractivity contribution in [1.29, 1.82) is 0 Å². The molecule has 1 aliphatic heterocycles. The summed E-state index contributed by atoms with van der Waals surface area (Å²) in [6.45, 7) is 5.75. The minimum atomic E-state index is -4.62. The first-order chi connectivity index (χ1) is 16.0. The van der Waals surface area contributed by atoms with Crippen molar-refractivity contribution >= 4 is 11.6 Å². The molecule has 1 aromatic heterocycles. The maximum absolute atomic E-state index is 14.1. The van der Waals surface area contributed by atoms with Crippen LogP contribution in [-0.4, -0.2) is 60.1 Å². The van der Waals surface area contributed by atoms with Crippen molar-refractivity contribution in [2.75, 3.05) is 32.5 Å². The number of benzene rings is 1. The van der Waals surface area contributed by atoms with E-state index < -0.39 is 24.0 Å². The second kappa shape index (κ2) is 9.21. The number of anilines is 1. The van der Waals surface area contributed by atoms with Crippen LogP contribution in [0.15, 0.2) is 42.6 Å². The Balaban J connectivity index is 1.50. The van der Waals surface area contributed by atoms with E-state index in [9.17, 15) is 18.0 Å². The van der Waals surface area contributed by atoms with E-state index in [1.54, 1.807) is 6.07 Å². The molecule has 1 saturated heterocycles. The van der Waals surface area contributed by atoms with E-state index in [1.165, 1.54) is 30.4 Å². The number of nitrogens with one attached hydrogen (secondary N) is 1. The minimum absolute atomic E-state index is 0.102. The van der Waals surface area contributed by atoms with Crippen molar-refractivity contribution in [3.8, 4) is 0 Å². The molecule has 1 N–H and O–H groups in total. The van der Waals surface area contributed by atoms with Crippen molar-refractivity contribution in [3.05, 3.63) is 59.4 Å². The largest absolute Gasteiger partial charge is 0.414 e. The first-order valence-corrected chi connectivity index (χ1v) is 11.8. The van der Waals surface area contributed by atoms with E-state index in [1.807, 2.05) is 19.2 Å². The van der Waals surface area contributed by atoms with Gasteiger partial charge in [-0.1, -0.05) is 38.1 Å². The molecular formula is C26H33F3N4O. The Morgan fingerprint density at radius 1 is 1.18 bits per heavy atom. The van der Waals surface area contributed by atoms with Crippen LogP contribution in [0.5, 0.6) is 0 Å². The lowest BCUT2D eigenvalue weighted by Crippen LogP contribution is -2.45. The molecule has 1 fully saturated rings. The molecule has 0 saturated carbocycles. The number of carbonyl (C=O) groups is 1. The number of amides is 1. The van der Waals surface area contributed by atoms with Crippen LogP contribution in [0.25, 0.3) is 0 Å². The highest BCUT2D eigenvalue weighted by Gasteiger charge is 2.47. The highest BCUT2D eigenvalue weighted by Crippen LogP contribution is 2.41. The molecule has 0 spiro atoms. The van der Waals surface area contributed by atoms with Gasteiger partial charge in [-0.05, 0) is 62.7 Å². The van der Waals surface area contributed by atoms with Crippen LogP contribution in [0.3, 0.4) is 0 Å². The van der Waals surface area contributed by atoms with E-state index in [4.69, 9.17) is 0 Å². The van der Waals surface area contributed by atoms with Gasteiger partial charge in [-0.15, -0.1) is 0 Å². The molecule has 2 aromatic rings. The Bertz CT molecular complexity index is 1010. The molecule has 34 heavy (non-hydrogen) atoms. The summed E-state index contributed by atoms with van der Waals surface area (Å²) in [4.78, 5) is 20.0. The lowest BCUT2D eigenvalue weighted by molar-refractivity contribution is -0.191. The van der Waals surface area contributed by atoms with E-state index in [0.717, 1.165) is 11.3 Å². The Hall–Kier alpha value is -2.61. The molecule has 5 nitrogen and oxygen atoms in total. The fraction of sp³-hybridized carbons (Fsp3) is 0.538. The first-order valence-electron chi connectivity index (χ1n) is 11.8. The van der Waals surface area contributed by atoms with Crippen LogP contribution in [0, 0.1) is 5.92 Å². The number of nitrogens with zero attached hydrogens (tertiary/aromatic N) is 3. The van der Waals surface area contributed by atoms with Crippen LogP contribution in [-0.2, 0) is 16.6 Å². The van der Waals surface area contributed by atoms with Crippen molar-refractivity contribution < 1.29 is 18.0 Å². The number of halogens is 3. The maximum atomic E-state index is 14.1. The van der Waals surface area contributed by atoms with E-state index in [-0.39, 0.29) is 17.2 Å². The summed E-state index contributed by atoms with van der Waals surface area (Å²) in [7, 11) is 3.19. The highest BCUT2D eigenvalue weighted by atomic mass is 19.4. The molecule has 2 atom stereocenters. The molecule has 0 bridgehead atoms. The molecule has 184 valence electrons. The Morgan fingerprint density at radius 3 is 2.44 bits per heavy atom. The topological polar surface area (TPSA) is 48.5 Å². The van der Waals surface area contributed by atoms with Crippen LogP contribution in [0.4, 0.5) is 18.9 Å². The van der Waals surface area contributed by atoms with Crippen molar-refractivity contribution in [1.82, 2.24) is 14.8 Å². The van der Waals surface area contributed by atoms with Crippen molar-refractivity contribution in [2.45, 2.75) is 56.8 Å². The summed E-state index contributed by atoms with van der Waals surface area (Å²) in [5.74, 6) is -0.858. The average molecular weight is 475 g/mol. The molecule has 2 heterocycles. The number of rotatable bonds is 5. The van der Waals surface area contributed by atoms with E-state index >= 15 is 0 Å². The molecule has 0 radical (unpaired) electrons. The second-order valence-electron chi connectivity index (χ2n) is 10.2. The number of carbonyl (C=O) groups excluding carboxylic acids is 1. The zero-order chi connectivity index (χ0) is 24.7. The first kappa shape index (κ1) is 24.5. The molecule has 1 aromatic carbocycles. The van der Waals surface area contributed by atoms with Gasteiger partial charge < -0.3 is 15.1 Å². The monoisotopic (exact) mass is 474 g/mol. The smallest absolute Gasteiger partial charge is 0.380 e. The summed E-state index contributed by atoms with van der Waals surface area (Å²) >= 11 is 0. The van der Waals surface area contributed by atoms with Gasteiger partial charge in [0.15, 0.2) is 6.04 Å². The fourth-order valence-electron chi connectivity index (χ4n) is 5.33. The third-order valence-corrected chi connectivity index (χ3v) is 7.53. The number of hydrogen-bond donors (Lipinski definition) is 1. The third kappa shape index (κ3) is 4.78. The van der Waals surface area contributed by atoms with Gasteiger partial charge in [0.1, 0.15) is 0 Å². The highest BCUT2D eigenvalue weighted by molar-refractivity contribution is 5.79. The molecule has 4 rings (SSSR count). The maximum Gasteiger partial charge on any atom is 0.414 e. The van der Waals surface area contributed by atoms with Crippen molar-refractivity contribution in [2.24, 2.45) is 5.92 Å². The van der Waals surface area contributed by atoms with Gasteiger partial charge in [0.2, 0.25) is 5.91 Å². The van der Waals surface area contributed by atoms with Crippen LogP contribution in [0.2, 0.25) is 0 Å². The summed E-state index contributed by atoms with van der Waals surface area (Å²) in [6, 6.07) is 9.34. The summed E-state index contributed by atoms with van der Waals surface area (Å²) in [6.07, 6.45) is -1.20. The lowest BCUT2D eigenvalue weighted by atomic mass is 9.83. The Kier molecular flexibility index (Phi) is 6.64. The standard InChI is InChI=1S/C26H33F3N4O/c1-25(2)20-8-6-5-7-18(20)15-22(25)31-19-9-10-21(30-16-19)23(26(27,28)29)33(4)24(34)17-11-13-32(3)14-12-17/h5-10,16-17,22-23,31H,11-15H2,1-4H3. The predicted octanol–water partition coefficient (Wildman–Crippen LogP) is 4.80. The summed E-state index contributed by atoms with van der Waals surface area (Å²) < 4.78 is 42.2. The number of aromatic nitrogens is 1. The Morgan fingerprint density at radius 2 is 1.85 bits per heavy atom. The SMILES string of the molecule is CN1CCC(C(=O)N(C)C(c2ccc(NC3Cc4ccccc4C3(C)C)cn2)C(F)(F)F)CC1. The molecule has 1 amide bonds. The zero-order valence-corrected chi connectivity index (χ0v) is 20.2. The fourth-order valence-corrected chi connectivity index (χ4v) is 5.33. The van der Waals surface area contributed by atoms with Crippen LogP contribution in [0.1, 0.15) is 49.6 Å². The third-order valence-electron chi connectivity index (χ3n) is 7.53. The second-order valence-corrected chi connectivity index (χ2v) is 10.2. The number of pyridine rings is 1. The number of fused-ring (bicyclic) bond motifs is 1. The Labute approximate surface area is 199 Å². The molecule has 8 heteroatoms. The van der Waals surface area contributed by atoms with Crippen LogP contribution >= 0.6 is 0 Å². The number of hydrogen-bond acceptors (Lipinski definition) is 4. The molecule has 2 aliphatic rings. The van der Waals surface area contributed by atoms with Crippen molar-refractivity contribution in [3.63, 3.8) is 0 Å². The van der Waals surface area contributed by atoms with Gasteiger partial charge in [0.25, 0.3) is 0 Å². The van der Waals surface area contributed by atoms with Gasteiger partial charge >= 0.3 is 6.18 Å². The number of alkyl halides is 3. The molecule has 2 unspecified atom stereocenters. The van der Waals surface area contributed by atoms with Gasteiger partial charge in [0, 0.05) is 24.4 Å². The summed E-state index contributed by atoms with van der Waals surface area (Å²) in [5.41, 5.74) is 2.93. The molecular weight excluding hydrogens is 441 g/mol. The predicted molar refractivity (Wildman–Crippen MR) is 127 cm³/mol. The normalized spacial score (nSPS) is 21.7. The van der Waals surface area contributed by atoms with E-state index in [2.05, 4.69) is 41.2 Å². The quantitative estimate of drug-likeness (QED) is 0.677. The van der Waals surface area contributed by atoms with Gasteiger partial charge in [0.05, 0.1) is 17.6 Å². The van der Waals surface area contributed by atoms with Gasteiger partial charge in [-0.25, -0.2) is 0 Å². The average Bonchev–Trinajstić information content (AvgIpc) is 3.04. The lowest BCUT2D eigenvalue weighted by Gasteiger charge is -2.35. The van der Waals surface area contributed by atoms with Gasteiger partial charge in [-0.3, -0.25) is 9.78 Å². The number of likely N-dealkylation sites (tertiary alicyclic amines) is 1. The van der Waals surface area contributed by atoms with Gasteiger partial charge in [-0.2, -0.15) is 13.2 Å². The van der Waals surface area contributed by atoms with Crippen LogP contribution < -0.4 is 5.32 Å².